The van der Waals surface area contributed by atoms with E-state index in [1.807, 2.05) is 18.2 Å². The standard InChI is InChI=1S/C13H20ClNO/c1-9(2)8-15-10(3)12-7-11(14)5-6-13(12)16-4/h5-7,9-10,15H,8H2,1-4H3. The zero-order valence-electron chi connectivity index (χ0n) is 10.4. The fourth-order valence-electron chi connectivity index (χ4n) is 1.57. The van der Waals surface area contributed by atoms with Crippen LogP contribution < -0.4 is 10.1 Å². The zero-order valence-corrected chi connectivity index (χ0v) is 11.1. The number of nitrogens with one attached hydrogen (secondary N) is 1. The summed E-state index contributed by atoms with van der Waals surface area (Å²) in [5.74, 6) is 1.51. The van der Waals surface area contributed by atoms with E-state index < -0.39 is 0 Å². The van der Waals surface area contributed by atoms with Crippen LogP contribution in [0, 0.1) is 5.92 Å². The van der Waals surface area contributed by atoms with Crippen molar-refractivity contribution < 1.29 is 4.74 Å². The number of halogens is 1. The first kappa shape index (κ1) is 13.3. The summed E-state index contributed by atoms with van der Waals surface area (Å²) in [5, 5.41) is 4.21. The molecule has 0 heterocycles. The topological polar surface area (TPSA) is 21.3 Å². The van der Waals surface area contributed by atoms with Crippen LogP contribution in [0.1, 0.15) is 32.4 Å². The highest BCUT2D eigenvalue weighted by Gasteiger charge is 2.11. The quantitative estimate of drug-likeness (QED) is 0.850. The third-order valence-electron chi connectivity index (χ3n) is 2.49. The van der Waals surface area contributed by atoms with Crippen LogP contribution in [0.2, 0.25) is 5.02 Å². The monoisotopic (exact) mass is 241 g/mol. The van der Waals surface area contributed by atoms with Crippen molar-refractivity contribution in [3.63, 3.8) is 0 Å². The highest BCUT2D eigenvalue weighted by Crippen LogP contribution is 2.28. The normalized spacial score (nSPS) is 12.9. The van der Waals surface area contributed by atoms with E-state index in [0.29, 0.717) is 5.92 Å². The molecule has 1 rings (SSSR count). The smallest absolute Gasteiger partial charge is 0.123 e. The second kappa shape index (κ2) is 6.12. The van der Waals surface area contributed by atoms with Gasteiger partial charge in [0.25, 0.3) is 0 Å². The molecule has 2 nitrogen and oxygen atoms in total. The van der Waals surface area contributed by atoms with E-state index in [0.717, 1.165) is 22.9 Å². The van der Waals surface area contributed by atoms with Crippen molar-refractivity contribution in [1.29, 1.82) is 0 Å². The van der Waals surface area contributed by atoms with E-state index in [1.165, 1.54) is 0 Å². The Labute approximate surface area is 103 Å². The van der Waals surface area contributed by atoms with Crippen LogP contribution in [0.3, 0.4) is 0 Å². The van der Waals surface area contributed by atoms with Crippen molar-refractivity contribution >= 4 is 11.6 Å². The molecule has 0 saturated heterocycles. The Morgan fingerprint density at radius 2 is 2.00 bits per heavy atom. The summed E-state index contributed by atoms with van der Waals surface area (Å²) in [4.78, 5) is 0. The van der Waals surface area contributed by atoms with Gasteiger partial charge in [0.1, 0.15) is 5.75 Å². The van der Waals surface area contributed by atoms with Gasteiger partial charge in [-0.15, -0.1) is 0 Å². The Hall–Kier alpha value is -0.730. The first-order chi connectivity index (χ1) is 7.54. The molecule has 0 radical (unpaired) electrons. The second-order valence-corrected chi connectivity index (χ2v) is 4.85. The lowest BCUT2D eigenvalue weighted by molar-refractivity contribution is 0.398. The molecule has 0 fully saturated rings. The van der Waals surface area contributed by atoms with Crippen LogP contribution in [0.4, 0.5) is 0 Å². The first-order valence-electron chi connectivity index (χ1n) is 5.61. The van der Waals surface area contributed by atoms with Gasteiger partial charge in [-0.1, -0.05) is 25.4 Å². The molecule has 0 aliphatic heterocycles. The van der Waals surface area contributed by atoms with Gasteiger partial charge in [-0.05, 0) is 37.6 Å². The molecular formula is C13H20ClNO. The molecule has 0 aliphatic carbocycles. The number of ether oxygens (including phenoxy) is 1. The van der Waals surface area contributed by atoms with Crippen LogP contribution in [0.15, 0.2) is 18.2 Å². The van der Waals surface area contributed by atoms with Crippen molar-refractivity contribution in [2.24, 2.45) is 5.92 Å². The summed E-state index contributed by atoms with van der Waals surface area (Å²) < 4.78 is 5.33. The van der Waals surface area contributed by atoms with E-state index in [2.05, 4.69) is 26.1 Å². The molecule has 0 spiro atoms. The minimum Gasteiger partial charge on any atom is -0.496 e. The highest BCUT2D eigenvalue weighted by molar-refractivity contribution is 6.30. The first-order valence-corrected chi connectivity index (χ1v) is 5.99. The van der Waals surface area contributed by atoms with E-state index in [1.54, 1.807) is 7.11 Å². The van der Waals surface area contributed by atoms with Gasteiger partial charge in [0.15, 0.2) is 0 Å². The third-order valence-corrected chi connectivity index (χ3v) is 2.73. The number of methoxy groups -OCH3 is 1. The molecule has 0 saturated carbocycles. The van der Waals surface area contributed by atoms with E-state index in [9.17, 15) is 0 Å². The summed E-state index contributed by atoms with van der Waals surface area (Å²) in [6, 6.07) is 5.96. The average Bonchev–Trinajstić information content (AvgIpc) is 2.25. The largest absolute Gasteiger partial charge is 0.496 e. The number of benzene rings is 1. The molecule has 1 aromatic carbocycles. The van der Waals surface area contributed by atoms with Crippen LogP contribution in [-0.4, -0.2) is 13.7 Å². The van der Waals surface area contributed by atoms with Gasteiger partial charge in [0.2, 0.25) is 0 Å². The number of hydrogen-bond acceptors (Lipinski definition) is 2. The predicted octanol–water partition coefficient (Wildman–Crippen LogP) is 3.66. The Kier molecular flexibility index (Phi) is 5.10. The maximum atomic E-state index is 6.00. The Morgan fingerprint density at radius 1 is 1.31 bits per heavy atom. The second-order valence-electron chi connectivity index (χ2n) is 4.41. The minimum atomic E-state index is 0.246. The molecule has 0 aromatic heterocycles. The molecule has 1 N–H and O–H groups in total. The molecule has 0 amide bonds. The fraction of sp³-hybridized carbons (Fsp3) is 0.538. The van der Waals surface area contributed by atoms with E-state index in [4.69, 9.17) is 16.3 Å². The van der Waals surface area contributed by atoms with Gasteiger partial charge in [0, 0.05) is 16.6 Å². The molecule has 3 heteroatoms. The van der Waals surface area contributed by atoms with Gasteiger partial charge in [-0.25, -0.2) is 0 Å². The van der Waals surface area contributed by atoms with Crippen molar-refractivity contribution in [2.75, 3.05) is 13.7 Å². The minimum absolute atomic E-state index is 0.246. The summed E-state index contributed by atoms with van der Waals surface area (Å²) in [7, 11) is 1.68. The van der Waals surface area contributed by atoms with Gasteiger partial charge in [-0.2, -0.15) is 0 Å². The van der Waals surface area contributed by atoms with E-state index in [-0.39, 0.29) is 6.04 Å². The lowest BCUT2D eigenvalue weighted by Crippen LogP contribution is -2.23. The van der Waals surface area contributed by atoms with Crippen molar-refractivity contribution in [3.05, 3.63) is 28.8 Å². The Balaban J connectivity index is 2.80. The van der Waals surface area contributed by atoms with Crippen LogP contribution >= 0.6 is 11.6 Å². The Morgan fingerprint density at radius 3 is 2.56 bits per heavy atom. The lowest BCUT2D eigenvalue weighted by atomic mass is 10.1. The van der Waals surface area contributed by atoms with Gasteiger partial charge < -0.3 is 10.1 Å². The van der Waals surface area contributed by atoms with Gasteiger partial charge in [-0.3, -0.25) is 0 Å². The van der Waals surface area contributed by atoms with Gasteiger partial charge in [0.05, 0.1) is 7.11 Å². The fourth-order valence-corrected chi connectivity index (χ4v) is 1.75. The molecular weight excluding hydrogens is 222 g/mol. The molecule has 0 aliphatic rings. The summed E-state index contributed by atoms with van der Waals surface area (Å²) in [6.07, 6.45) is 0. The molecule has 0 bridgehead atoms. The van der Waals surface area contributed by atoms with E-state index >= 15 is 0 Å². The maximum absolute atomic E-state index is 6.00. The molecule has 1 unspecified atom stereocenters. The number of hydrogen-bond donors (Lipinski definition) is 1. The van der Waals surface area contributed by atoms with Crippen molar-refractivity contribution in [2.45, 2.75) is 26.8 Å². The molecule has 90 valence electrons. The molecule has 16 heavy (non-hydrogen) atoms. The predicted molar refractivity (Wildman–Crippen MR) is 69.3 cm³/mol. The summed E-state index contributed by atoms with van der Waals surface area (Å²) in [5.41, 5.74) is 1.11. The summed E-state index contributed by atoms with van der Waals surface area (Å²) >= 11 is 6.00. The van der Waals surface area contributed by atoms with Crippen LogP contribution in [0.25, 0.3) is 0 Å². The van der Waals surface area contributed by atoms with Crippen molar-refractivity contribution in [1.82, 2.24) is 5.32 Å². The number of rotatable bonds is 5. The van der Waals surface area contributed by atoms with Gasteiger partial charge >= 0.3 is 0 Å². The lowest BCUT2D eigenvalue weighted by Gasteiger charge is -2.18. The highest BCUT2D eigenvalue weighted by atomic mass is 35.5. The average molecular weight is 242 g/mol. The Bertz CT molecular complexity index is 339. The van der Waals surface area contributed by atoms with Crippen LogP contribution in [-0.2, 0) is 0 Å². The molecule has 1 aromatic rings. The summed E-state index contributed by atoms with van der Waals surface area (Å²) in [6.45, 7) is 7.48. The van der Waals surface area contributed by atoms with Crippen molar-refractivity contribution in [3.8, 4) is 5.75 Å². The maximum Gasteiger partial charge on any atom is 0.123 e. The third kappa shape index (κ3) is 3.69. The zero-order chi connectivity index (χ0) is 12.1. The molecule has 1 atom stereocenters. The SMILES string of the molecule is COc1ccc(Cl)cc1C(C)NCC(C)C. The van der Waals surface area contributed by atoms with Crippen LogP contribution in [0.5, 0.6) is 5.75 Å².